The third-order valence-corrected chi connectivity index (χ3v) is 2.97. The number of benzene rings is 1. The maximum absolute atomic E-state index is 10.7. The molecular formula is C11H12N4O3. The van der Waals surface area contributed by atoms with Crippen molar-refractivity contribution >= 4 is 22.8 Å². The van der Waals surface area contributed by atoms with Crippen molar-refractivity contribution in [2.75, 3.05) is 18.4 Å². The minimum Gasteiger partial charge on any atom is -0.424 e. The third kappa shape index (κ3) is 2.00. The number of hydrogen-bond acceptors (Lipinski definition) is 6. The fraction of sp³-hybridized carbons (Fsp3) is 0.364. The van der Waals surface area contributed by atoms with Crippen molar-refractivity contribution in [1.82, 2.24) is 10.3 Å². The molecule has 0 amide bonds. The molecule has 94 valence electrons. The molecule has 1 saturated heterocycles. The first-order valence-electron chi connectivity index (χ1n) is 5.74. The molecule has 7 heteroatoms. The van der Waals surface area contributed by atoms with Gasteiger partial charge in [-0.05, 0) is 19.0 Å². The van der Waals surface area contributed by atoms with Gasteiger partial charge in [0.25, 0.3) is 11.7 Å². The number of nitrogens with zero attached hydrogens (tertiary/aromatic N) is 2. The van der Waals surface area contributed by atoms with Gasteiger partial charge in [0.2, 0.25) is 0 Å². The first kappa shape index (κ1) is 11.0. The molecule has 0 radical (unpaired) electrons. The number of aromatic nitrogens is 1. The molecule has 3 rings (SSSR count). The predicted octanol–water partition coefficient (Wildman–Crippen LogP) is 1.51. The molecule has 0 spiro atoms. The normalized spacial score (nSPS) is 19.2. The highest BCUT2D eigenvalue weighted by Crippen LogP contribution is 2.24. The highest BCUT2D eigenvalue weighted by molar-refractivity contribution is 5.77. The summed E-state index contributed by atoms with van der Waals surface area (Å²) in [6.45, 7) is 1.85. The summed E-state index contributed by atoms with van der Waals surface area (Å²) in [6, 6.07) is 5.11. The summed E-state index contributed by atoms with van der Waals surface area (Å²) >= 11 is 0. The molecule has 0 aliphatic carbocycles. The Kier molecular flexibility index (Phi) is 2.60. The van der Waals surface area contributed by atoms with Gasteiger partial charge in [0.15, 0.2) is 5.58 Å². The largest absolute Gasteiger partial charge is 0.424 e. The zero-order valence-electron chi connectivity index (χ0n) is 9.55. The number of non-ortho nitro benzene ring substituents is 1. The third-order valence-electron chi connectivity index (χ3n) is 2.97. The predicted molar refractivity (Wildman–Crippen MR) is 65.6 cm³/mol. The Morgan fingerprint density at radius 2 is 2.44 bits per heavy atom. The van der Waals surface area contributed by atoms with Gasteiger partial charge in [-0.2, -0.15) is 4.98 Å². The smallest absolute Gasteiger partial charge is 0.295 e. The van der Waals surface area contributed by atoms with Gasteiger partial charge in [0.1, 0.15) is 5.52 Å². The molecule has 2 aromatic rings. The number of fused-ring (bicyclic) bond motifs is 1. The zero-order valence-corrected chi connectivity index (χ0v) is 9.55. The molecule has 1 unspecified atom stereocenters. The monoisotopic (exact) mass is 248 g/mol. The van der Waals surface area contributed by atoms with E-state index in [9.17, 15) is 10.1 Å². The summed E-state index contributed by atoms with van der Waals surface area (Å²) in [5, 5.41) is 17.1. The van der Waals surface area contributed by atoms with Crippen molar-refractivity contribution in [3.05, 3.63) is 28.3 Å². The molecule has 1 fully saturated rings. The molecule has 1 aliphatic heterocycles. The Balaban J connectivity index is 1.87. The lowest BCUT2D eigenvalue weighted by molar-refractivity contribution is -0.384. The van der Waals surface area contributed by atoms with Crippen LogP contribution in [0.25, 0.3) is 11.1 Å². The minimum absolute atomic E-state index is 0.0184. The van der Waals surface area contributed by atoms with Crippen LogP contribution < -0.4 is 10.6 Å². The number of nitrogens with one attached hydrogen (secondary N) is 2. The summed E-state index contributed by atoms with van der Waals surface area (Å²) in [4.78, 5) is 14.4. The Hall–Kier alpha value is -2.15. The van der Waals surface area contributed by atoms with Gasteiger partial charge in [0, 0.05) is 24.7 Å². The molecule has 1 aromatic carbocycles. The van der Waals surface area contributed by atoms with Crippen LogP contribution in [-0.2, 0) is 0 Å². The van der Waals surface area contributed by atoms with E-state index in [1.165, 1.54) is 12.1 Å². The standard InChI is InChI=1S/C11H12N4O3/c16-15(17)8-1-2-10-9(5-8)14-11(18-10)13-7-3-4-12-6-7/h1-2,5,7,12H,3-4,6H2,(H,13,14). The molecule has 0 bridgehead atoms. The molecule has 1 aliphatic rings. The second-order valence-electron chi connectivity index (χ2n) is 4.26. The van der Waals surface area contributed by atoms with Crippen molar-refractivity contribution in [2.45, 2.75) is 12.5 Å². The average molecular weight is 248 g/mol. The van der Waals surface area contributed by atoms with Crippen molar-refractivity contribution in [3.8, 4) is 0 Å². The van der Waals surface area contributed by atoms with Crippen LogP contribution in [0.1, 0.15) is 6.42 Å². The van der Waals surface area contributed by atoms with E-state index in [1.54, 1.807) is 6.07 Å². The van der Waals surface area contributed by atoms with Crippen LogP contribution in [0.4, 0.5) is 11.7 Å². The maximum atomic E-state index is 10.7. The highest BCUT2D eigenvalue weighted by atomic mass is 16.6. The molecule has 7 nitrogen and oxygen atoms in total. The summed E-state index contributed by atoms with van der Waals surface area (Å²) in [5.74, 6) is 0. The van der Waals surface area contributed by atoms with Crippen molar-refractivity contribution in [3.63, 3.8) is 0 Å². The Bertz CT molecular complexity index is 589. The van der Waals surface area contributed by atoms with Gasteiger partial charge in [0.05, 0.1) is 4.92 Å². The van der Waals surface area contributed by atoms with Crippen LogP contribution in [-0.4, -0.2) is 29.0 Å². The Morgan fingerprint density at radius 3 is 3.17 bits per heavy atom. The van der Waals surface area contributed by atoms with Crippen LogP contribution in [0.2, 0.25) is 0 Å². The van der Waals surface area contributed by atoms with Gasteiger partial charge >= 0.3 is 0 Å². The lowest BCUT2D eigenvalue weighted by Crippen LogP contribution is -2.22. The van der Waals surface area contributed by atoms with Crippen LogP contribution in [0.15, 0.2) is 22.6 Å². The van der Waals surface area contributed by atoms with E-state index < -0.39 is 4.92 Å². The summed E-state index contributed by atoms with van der Waals surface area (Å²) in [6.07, 6.45) is 1.01. The Morgan fingerprint density at radius 1 is 1.56 bits per heavy atom. The quantitative estimate of drug-likeness (QED) is 0.631. The number of oxazole rings is 1. The van der Waals surface area contributed by atoms with E-state index in [4.69, 9.17) is 4.42 Å². The van der Waals surface area contributed by atoms with E-state index in [0.717, 1.165) is 19.5 Å². The van der Waals surface area contributed by atoms with E-state index in [0.29, 0.717) is 23.2 Å². The van der Waals surface area contributed by atoms with Crippen LogP contribution in [0.3, 0.4) is 0 Å². The number of nitro groups is 1. The lowest BCUT2D eigenvalue weighted by Gasteiger charge is -2.07. The van der Waals surface area contributed by atoms with Gasteiger partial charge < -0.3 is 15.1 Å². The summed E-state index contributed by atoms with van der Waals surface area (Å²) in [5.41, 5.74) is 1.07. The van der Waals surface area contributed by atoms with Crippen LogP contribution in [0.5, 0.6) is 0 Å². The van der Waals surface area contributed by atoms with Gasteiger partial charge in [-0.15, -0.1) is 0 Å². The topological polar surface area (TPSA) is 93.2 Å². The number of rotatable bonds is 3. The molecule has 18 heavy (non-hydrogen) atoms. The van der Waals surface area contributed by atoms with Gasteiger partial charge in [-0.3, -0.25) is 10.1 Å². The van der Waals surface area contributed by atoms with Crippen molar-refractivity contribution in [1.29, 1.82) is 0 Å². The molecule has 1 atom stereocenters. The Labute approximate surface area is 102 Å². The van der Waals surface area contributed by atoms with Crippen molar-refractivity contribution in [2.24, 2.45) is 0 Å². The fourth-order valence-electron chi connectivity index (χ4n) is 2.04. The average Bonchev–Trinajstić information content (AvgIpc) is 2.96. The second-order valence-corrected chi connectivity index (χ2v) is 4.26. The molecule has 2 N–H and O–H groups in total. The van der Waals surface area contributed by atoms with Crippen LogP contribution >= 0.6 is 0 Å². The maximum Gasteiger partial charge on any atom is 0.295 e. The van der Waals surface area contributed by atoms with E-state index in [2.05, 4.69) is 15.6 Å². The number of anilines is 1. The van der Waals surface area contributed by atoms with Crippen molar-refractivity contribution < 1.29 is 9.34 Å². The first-order chi connectivity index (χ1) is 8.72. The SMILES string of the molecule is O=[N+]([O-])c1ccc2oc(NC3CCNC3)nc2c1. The van der Waals surface area contributed by atoms with Gasteiger partial charge in [-0.1, -0.05) is 0 Å². The summed E-state index contributed by atoms with van der Waals surface area (Å²) in [7, 11) is 0. The van der Waals surface area contributed by atoms with E-state index in [1.807, 2.05) is 0 Å². The highest BCUT2D eigenvalue weighted by Gasteiger charge is 2.17. The summed E-state index contributed by atoms with van der Waals surface area (Å²) < 4.78 is 5.49. The van der Waals surface area contributed by atoms with E-state index >= 15 is 0 Å². The van der Waals surface area contributed by atoms with E-state index in [-0.39, 0.29) is 5.69 Å². The van der Waals surface area contributed by atoms with Gasteiger partial charge in [-0.25, -0.2) is 0 Å². The molecule has 2 heterocycles. The zero-order chi connectivity index (χ0) is 12.5. The minimum atomic E-state index is -0.442. The first-order valence-corrected chi connectivity index (χ1v) is 5.74. The number of hydrogen-bond donors (Lipinski definition) is 2. The molecular weight excluding hydrogens is 236 g/mol. The number of nitro benzene ring substituents is 1. The lowest BCUT2D eigenvalue weighted by atomic mass is 10.3. The molecule has 1 aromatic heterocycles. The van der Waals surface area contributed by atoms with Crippen LogP contribution in [0, 0.1) is 10.1 Å². The fourth-order valence-corrected chi connectivity index (χ4v) is 2.04. The molecule has 0 saturated carbocycles. The second kappa shape index (κ2) is 4.26.